The number of urea groups is 1. The van der Waals surface area contributed by atoms with E-state index in [0.29, 0.717) is 31.9 Å². The summed E-state index contributed by atoms with van der Waals surface area (Å²) < 4.78 is 32.2. The summed E-state index contributed by atoms with van der Waals surface area (Å²) in [6.07, 6.45) is 0.219. The maximum absolute atomic E-state index is 13.7. The van der Waals surface area contributed by atoms with Gasteiger partial charge in [-0.05, 0) is 6.42 Å². The van der Waals surface area contributed by atoms with Crippen molar-refractivity contribution < 1.29 is 27.9 Å². The molecule has 0 aromatic heterocycles. The average molecular weight is 396 g/mol. The Morgan fingerprint density at radius 1 is 1.25 bits per heavy atom. The third-order valence-electron chi connectivity index (χ3n) is 5.03. The average Bonchev–Trinajstić information content (AvgIpc) is 3.00. The molecule has 0 radical (unpaired) electrons. The highest BCUT2D eigenvalue weighted by Gasteiger charge is 2.34. The first-order chi connectivity index (χ1) is 13.3. The van der Waals surface area contributed by atoms with Gasteiger partial charge in [0, 0.05) is 49.9 Å². The fraction of sp³-hybridized carbons (Fsp3) is 0.500. The SMILES string of the molecule is COc1cc(N2CCN(C(=O)C(C)CC3NC(=O)NC3=O)CC2)cc(F)c1F. The van der Waals surface area contributed by atoms with Crippen LogP contribution in [0.15, 0.2) is 12.1 Å². The summed E-state index contributed by atoms with van der Waals surface area (Å²) in [5, 5.41) is 4.63. The number of amides is 4. The molecule has 2 atom stereocenters. The molecule has 2 fully saturated rings. The Morgan fingerprint density at radius 3 is 2.50 bits per heavy atom. The zero-order valence-corrected chi connectivity index (χ0v) is 15.6. The molecule has 8 nitrogen and oxygen atoms in total. The highest BCUT2D eigenvalue weighted by atomic mass is 19.2. The van der Waals surface area contributed by atoms with Gasteiger partial charge in [0.2, 0.25) is 11.7 Å². The van der Waals surface area contributed by atoms with Crippen molar-refractivity contribution >= 4 is 23.5 Å². The number of imide groups is 1. The Morgan fingerprint density at radius 2 is 1.93 bits per heavy atom. The number of piperazine rings is 1. The maximum Gasteiger partial charge on any atom is 0.322 e. The Labute approximate surface area is 160 Å². The number of carbonyl (C=O) groups is 3. The van der Waals surface area contributed by atoms with E-state index in [1.165, 1.54) is 13.2 Å². The van der Waals surface area contributed by atoms with Gasteiger partial charge in [0.25, 0.3) is 5.91 Å². The van der Waals surface area contributed by atoms with Crippen LogP contribution in [0, 0.1) is 17.6 Å². The number of ether oxygens (including phenoxy) is 1. The van der Waals surface area contributed by atoms with Gasteiger partial charge in [-0.2, -0.15) is 4.39 Å². The predicted octanol–water partition coefficient (Wildman–Crippen LogP) is 0.856. The Balaban J connectivity index is 1.57. The van der Waals surface area contributed by atoms with E-state index in [1.54, 1.807) is 11.8 Å². The zero-order chi connectivity index (χ0) is 20.4. The highest BCUT2D eigenvalue weighted by molar-refractivity contribution is 6.04. The Hall–Kier alpha value is -2.91. The van der Waals surface area contributed by atoms with Crippen LogP contribution in [0.5, 0.6) is 5.75 Å². The number of rotatable bonds is 5. The minimum Gasteiger partial charge on any atom is -0.493 e. The largest absolute Gasteiger partial charge is 0.493 e. The Kier molecular flexibility index (Phi) is 5.66. The fourth-order valence-corrected chi connectivity index (χ4v) is 3.46. The van der Waals surface area contributed by atoms with Crippen LogP contribution in [-0.4, -0.2) is 62.1 Å². The molecule has 152 valence electrons. The predicted molar refractivity (Wildman–Crippen MR) is 95.9 cm³/mol. The first-order valence-electron chi connectivity index (χ1n) is 8.98. The van der Waals surface area contributed by atoms with E-state index >= 15 is 0 Å². The molecule has 2 heterocycles. The van der Waals surface area contributed by atoms with Crippen LogP contribution in [-0.2, 0) is 9.59 Å². The first-order valence-corrected chi connectivity index (χ1v) is 8.98. The number of halogens is 2. The summed E-state index contributed by atoms with van der Waals surface area (Å²) in [5.41, 5.74) is 0.487. The summed E-state index contributed by atoms with van der Waals surface area (Å²) in [6.45, 7) is 3.44. The third kappa shape index (κ3) is 4.00. The normalized spacial score (nSPS) is 20.6. The van der Waals surface area contributed by atoms with Crippen LogP contribution in [0.4, 0.5) is 19.3 Å². The molecule has 3 rings (SSSR count). The molecular formula is C18H22F2N4O4. The van der Waals surface area contributed by atoms with E-state index in [0.717, 1.165) is 6.07 Å². The van der Waals surface area contributed by atoms with E-state index < -0.39 is 35.5 Å². The molecule has 10 heteroatoms. The van der Waals surface area contributed by atoms with E-state index in [4.69, 9.17) is 4.74 Å². The van der Waals surface area contributed by atoms with Crippen molar-refractivity contribution in [3.05, 3.63) is 23.8 Å². The second kappa shape index (κ2) is 7.99. The number of hydrogen-bond donors (Lipinski definition) is 2. The number of methoxy groups -OCH3 is 1. The summed E-state index contributed by atoms with van der Waals surface area (Å²) >= 11 is 0. The summed E-state index contributed by atoms with van der Waals surface area (Å²) in [4.78, 5) is 39.0. The molecule has 2 unspecified atom stereocenters. The van der Waals surface area contributed by atoms with Gasteiger partial charge in [0.15, 0.2) is 11.6 Å². The monoisotopic (exact) mass is 396 g/mol. The lowest BCUT2D eigenvalue weighted by Gasteiger charge is -2.37. The molecular weight excluding hydrogens is 374 g/mol. The van der Waals surface area contributed by atoms with Gasteiger partial charge in [0.05, 0.1) is 7.11 Å². The van der Waals surface area contributed by atoms with Gasteiger partial charge >= 0.3 is 6.03 Å². The lowest BCUT2D eigenvalue weighted by molar-refractivity contribution is -0.135. The minimum atomic E-state index is -1.03. The highest BCUT2D eigenvalue weighted by Crippen LogP contribution is 2.28. The molecule has 1 aromatic rings. The molecule has 0 aliphatic carbocycles. The number of hydrogen-bond acceptors (Lipinski definition) is 5. The number of nitrogens with one attached hydrogen (secondary N) is 2. The second-order valence-electron chi connectivity index (χ2n) is 6.91. The molecule has 0 saturated carbocycles. The molecule has 0 bridgehead atoms. The van der Waals surface area contributed by atoms with Crippen molar-refractivity contribution in [2.45, 2.75) is 19.4 Å². The number of nitrogens with zero attached hydrogens (tertiary/aromatic N) is 2. The van der Waals surface area contributed by atoms with Crippen LogP contribution in [0.1, 0.15) is 13.3 Å². The molecule has 0 spiro atoms. The molecule has 4 amide bonds. The van der Waals surface area contributed by atoms with Crippen LogP contribution >= 0.6 is 0 Å². The summed E-state index contributed by atoms with van der Waals surface area (Å²) in [6, 6.07) is 1.28. The quantitative estimate of drug-likeness (QED) is 0.721. The van der Waals surface area contributed by atoms with Gasteiger partial charge in [-0.3, -0.25) is 14.9 Å². The molecule has 1 aromatic carbocycles. The van der Waals surface area contributed by atoms with Gasteiger partial charge < -0.3 is 19.9 Å². The summed E-state index contributed by atoms with van der Waals surface area (Å²) in [7, 11) is 1.27. The molecule has 2 aliphatic rings. The zero-order valence-electron chi connectivity index (χ0n) is 15.6. The lowest BCUT2D eigenvalue weighted by atomic mass is 10.00. The maximum atomic E-state index is 13.7. The van der Waals surface area contributed by atoms with E-state index in [-0.39, 0.29) is 18.1 Å². The lowest BCUT2D eigenvalue weighted by Crippen LogP contribution is -2.50. The van der Waals surface area contributed by atoms with Gasteiger partial charge in [0.1, 0.15) is 6.04 Å². The molecule has 2 aliphatic heterocycles. The van der Waals surface area contributed by atoms with Gasteiger partial charge in [-0.25, -0.2) is 9.18 Å². The first kappa shape index (κ1) is 19.8. The van der Waals surface area contributed by atoms with E-state index in [9.17, 15) is 23.2 Å². The van der Waals surface area contributed by atoms with Crippen LogP contribution < -0.4 is 20.3 Å². The minimum absolute atomic E-state index is 0.114. The van der Waals surface area contributed by atoms with Crippen LogP contribution in [0.3, 0.4) is 0 Å². The fourth-order valence-electron chi connectivity index (χ4n) is 3.46. The Bertz CT molecular complexity index is 796. The van der Waals surface area contributed by atoms with E-state index in [2.05, 4.69) is 10.6 Å². The topological polar surface area (TPSA) is 91.0 Å². The number of benzene rings is 1. The van der Waals surface area contributed by atoms with Crippen molar-refractivity contribution in [2.75, 3.05) is 38.2 Å². The number of carbonyl (C=O) groups excluding carboxylic acids is 3. The van der Waals surface area contributed by atoms with Gasteiger partial charge in [-0.15, -0.1) is 0 Å². The number of anilines is 1. The van der Waals surface area contributed by atoms with Crippen molar-refractivity contribution in [1.82, 2.24) is 15.5 Å². The van der Waals surface area contributed by atoms with Crippen LogP contribution in [0.2, 0.25) is 0 Å². The van der Waals surface area contributed by atoms with Crippen molar-refractivity contribution in [3.63, 3.8) is 0 Å². The van der Waals surface area contributed by atoms with Crippen molar-refractivity contribution in [3.8, 4) is 5.75 Å². The standard InChI is InChI=1S/C18H22F2N4O4/c1-10(7-13-16(25)22-18(27)21-13)17(26)24-5-3-23(4-6-24)11-8-12(19)15(20)14(9-11)28-2/h8-10,13H,3-7H2,1-2H3,(H2,21,22,25,27). The van der Waals surface area contributed by atoms with Crippen molar-refractivity contribution in [1.29, 1.82) is 0 Å². The second-order valence-corrected chi connectivity index (χ2v) is 6.91. The smallest absolute Gasteiger partial charge is 0.322 e. The van der Waals surface area contributed by atoms with E-state index in [1.807, 2.05) is 4.90 Å². The van der Waals surface area contributed by atoms with Crippen molar-refractivity contribution in [2.24, 2.45) is 5.92 Å². The third-order valence-corrected chi connectivity index (χ3v) is 5.03. The summed E-state index contributed by atoms with van der Waals surface area (Å²) in [5.74, 6) is -3.17. The molecule has 2 N–H and O–H groups in total. The van der Waals surface area contributed by atoms with Crippen LogP contribution in [0.25, 0.3) is 0 Å². The molecule has 2 saturated heterocycles. The van der Waals surface area contributed by atoms with Gasteiger partial charge in [-0.1, -0.05) is 6.92 Å². The molecule has 28 heavy (non-hydrogen) atoms.